The van der Waals surface area contributed by atoms with Crippen molar-refractivity contribution in [3.05, 3.63) is 58.6 Å². The van der Waals surface area contributed by atoms with Gasteiger partial charge in [0.2, 0.25) is 5.91 Å². The van der Waals surface area contributed by atoms with Gasteiger partial charge in [-0.05, 0) is 30.3 Å². The Morgan fingerprint density at radius 2 is 1.62 bits per heavy atom. The van der Waals surface area contributed by atoms with Crippen molar-refractivity contribution < 1.29 is 14.5 Å². The number of rotatable bonds is 7. The molecule has 9 nitrogen and oxygen atoms in total. The topological polar surface area (TPSA) is 125 Å². The maximum atomic E-state index is 12.0. The van der Waals surface area contributed by atoms with Crippen LogP contribution in [0.25, 0.3) is 0 Å². The van der Waals surface area contributed by atoms with Gasteiger partial charge in [0.15, 0.2) is 0 Å². The lowest BCUT2D eigenvalue weighted by molar-refractivity contribution is -0.384. The molecule has 26 heavy (non-hydrogen) atoms. The fraction of sp³-hybridized carbons (Fsp3) is 0.176. The molecular weight excluding hydrogens is 338 g/mol. The highest BCUT2D eigenvalue weighted by Gasteiger charge is 2.12. The van der Waals surface area contributed by atoms with E-state index in [2.05, 4.69) is 21.3 Å². The van der Waals surface area contributed by atoms with E-state index in [1.807, 2.05) is 0 Å². The molecule has 0 bridgehead atoms. The fourth-order valence-corrected chi connectivity index (χ4v) is 2.15. The Balaban J connectivity index is 1.82. The Labute approximate surface area is 149 Å². The highest BCUT2D eigenvalue weighted by molar-refractivity contribution is 5.92. The predicted octanol–water partition coefficient (Wildman–Crippen LogP) is 2.79. The van der Waals surface area contributed by atoms with Crippen LogP contribution in [0.4, 0.5) is 27.5 Å². The highest BCUT2D eigenvalue weighted by atomic mass is 16.6. The Hall–Kier alpha value is -3.62. The van der Waals surface area contributed by atoms with Gasteiger partial charge in [-0.1, -0.05) is 12.1 Å². The molecule has 0 saturated carbocycles. The average Bonchev–Trinajstić information content (AvgIpc) is 2.63. The number of benzene rings is 2. The lowest BCUT2D eigenvalue weighted by Gasteiger charge is -2.09. The summed E-state index contributed by atoms with van der Waals surface area (Å²) in [6.07, 6.45) is 0.143. The second-order valence-corrected chi connectivity index (χ2v) is 5.28. The summed E-state index contributed by atoms with van der Waals surface area (Å²) >= 11 is 0. The molecule has 0 saturated heterocycles. The molecule has 0 aromatic heterocycles. The van der Waals surface area contributed by atoms with E-state index in [0.717, 1.165) is 0 Å². The van der Waals surface area contributed by atoms with Crippen LogP contribution in [-0.2, 0) is 4.79 Å². The molecule has 0 aliphatic rings. The van der Waals surface area contributed by atoms with E-state index in [9.17, 15) is 19.7 Å². The minimum absolute atomic E-state index is 0.0351. The molecular formula is C17H19N5O4. The van der Waals surface area contributed by atoms with Gasteiger partial charge in [0.1, 0.15) is 5.69 Å². The first-order valence-corrected chi connectivity index (χ1v) is 7.85. The molecule has 0 aliphatic carbocycles. The van der Waals surface area contributed by atoms with Crippen molar-refractivity contribution >= 4 is 34.7 Å². The molecule has 4 N–H and O–H groups in total. The molecule has 0 atom stereocenters. The van der Waals surface area contributed by atoms with E-state index in [1.54, 1.807) is 42.5 Å². The van der Waals surface area contributed by atoms with Crippen molar-refractivity contribution in [2.45, 2.75) is 6.42 Å². The zero-order valence-corrected chi connectivity index (χ0v) is 14.1. The summed E-state index contributed by atoms with van der Waals surface area (Å²) in [6, 6.07) is 12.6. The van der Waals surface area contributed by atoms with Gasteiger partial charge in [-0.25, -0.2) is 4.79 Å². The quantitative estimate of drug-likeness (QED) is 0.448. The molecule has 136 valence electrons. The normalized spacial score (nSPS) is 9.88. The van der Waals surface area contributed by atoms with Gasteiger partial charge in [0.25, 0.3) is 5.69 Å². The third kappa shape index (κ3) is 5.48. The Bertz CT molecular complexity index is 792. The number of nitrogens with one attached hydrogen (secondary N) is 4. The number of urea groups is 1. The molecule has 2 aromatic rings. The zero-order chi connectivity index (χ0) is 18.9. The van der Waals surface area contributed by atoms with Crippen molar-refractivity contribution in [2.24, 2.45) is 0 Å². The van der Waals surface area contributed by atoms with Gasteiger partial charge in [0.05, 0.1) is 4.92 Å². The predicted molar refractivity (Wildman–Crippen MR) is 99.4 cm³/mol. The smallest absolute Gasteiger partial charge is 0.318 e. The minimum Gasteiger partial charge on any atom is -0.379 e. The second kappa shape index (κ2) is 9.02. The number of carbonyl (C=O) groups excluding carboxylic acids is 2. The van der Waals surface area contributed by atoms with Gasteiger partial charge in [-0.15, -0.1) is 0 Å². The Morgan fingerprint density at radius 1 is 1.00 bits per heavy atom. The maximum absolute atomic E-state index is 12.0. The van der Waals surface area contributed by atoms with Crippen LogP contribution in [0.2, 0.25) is 0 Å². The van der Waals surface area contributed by atoms with Crippen molar-refractivity contribution in [3.8, 4) is 0 Å². The molecule has 0 aliphatic heterocycles. The van der Waals surface area contributed by atoms with Crippen LogP contribution >= 0.6 is 0 Å². The lowest BCUT2D eigenvalue weighted by atomic mass is 10.2. The second-order valence-electron chi connectivity index (χ2n) is 5.28. The first kappa shape index (κ1) is 18.7. The third-order valence-electron chi connectivity index (χ3n) is 3.42. The molecule has 2 aromatic carbocycles. The van der Waals surface area contributed by atoms with Gasteiger partial charge in [0, 0.05) is 37.5 Å². The molecule has 0 heterocycles. The van der Waals surface area contributed by atoms with E-state index < -0.39 is 4.92 Å². The van der Waals surface area contributed by atoms with Crippen molar-refractivity contribution in [3.63, 3.8) is 0 Å². The van der Waals surface area contributed by atoms with Gasteiger partial charge in [-0.2, -0.15) is 0 Å². The largest absolute Gasteiger partial charge is 0.379 e. The number of nitro groups is 1. The van der Waals surface area contributed by atoms with Crippen molar-refractivity contribution in [1.29, 1.82) is 0 Å². The lowest BCUT2D eigenvalue weighted by Crippen LogP contribution is -2.24. The number of nitrogens with zero attached hydrogens (tertiary/aromatic N) is 1. The average molecular weight is 357 g/mol. The third-order valence-corrected chi connectivity index (χ3v) is 3.42. The molecule has 0 fully saturated rings. The number of anilines is 3. The van der Waals surface area contributed by atoms with Gasteiger partial charge in [-0.3, -0.25) is 14.9 Å². The van der Waals surface area contributed by atoms with Crippen LogP contribution in [0.3, 0.4) is 0 Å². The summed E-state index contributed by atoms with van der Waals surface area (Å²) in [4.78, 5) is 33.6. The SMILES string of the molecule is CNC(=O)Nc1ccc(NC(=O)CCNc2ccccc2[N+](=O)[O-])cc1. The molecule has 2 rings (SSSR count). The maximum Gasteiger partial charge on any atom is 0.318 e. The van der Waals surface area contributed by atoms with E-state index >= 15 is 0 Å². The number of hydrogen-bond donors (Lipinski definition) is 4. The number of hydrogen-bond acceptors (Lipinski definition) is 5. The summed E-state index contributed by atoms with van der Waals surface area (Å²) in [7, 11) is 1.52. The van der Waals surface area contributed by atoms with E-state index in [0.29, 0.717) is 17.1 Å². The summed E-state index contributed by atoms with van der Waals surface area (Å²) in [5, 5.41) is 21.6. The monoisotopic (exact) mass is 357 g/mol. The molecule has 9 heteroatoms. The number of para-hydroxylation sites is 2. The Kier molecular flexibility index (Phi) is 6.49. The van der Waals surface area contributed by atoms with Crippen LogP contribution in [0.5, 0.6) is 0 Å². The zero-order valence-electron chi connectivity index (χ0n) is 14.1. The summed E-state index contributed by atoms with van der Waals surface area (Å²) in [5.74, 6) is -0.233. The summed E-state index contributed by atoms with van der Waals surface area (Å²) < 4.78 is 0. The van der Waals surface area contributed by atoms with Gasteiger partial charge < -0.3 is 21.3 Å². The van der Waals surface area contributed by atoms with Crippen LogP contribution in [0, 0.1) is 10.1 Å². The van der Waals surface area contributed by atoms with Crippen molar-refractivity contribution in [1.82, 2.24) is 5.32 Å². The fourth-order valence-electron chi connectivity index (χ4n) is 2.15. The summed E-state index contributed by atoms with van der Waals surface area (Å²) in [5.41, 5.74) is 1.52. The molecule has 0 spiro atoms. The highest BCUT2D eigenvalue weighted by Crippen LogP contribution is 2.23. The van der Waals surface area contributed by atoms with Crippen molar-refractivity contribution in [2.75, 3.05) is 29.5 Å². The van der Waals surface area contributed by atoms with E-state index in [-0.39, 0.29) is 30.6 Å². The minimum atomic E-state index is -0.475. The van der Waals surface area contributed by atoms with E-state index in [1.165, 1.54) is 13.1 Å². The standard InChI is InChI=1S/C17H19N5O4/c1-18-17(24)21-13-8-6-12(7-9-13)20-16(23)10-11-19-14-4-2-3-5-15(14)22(25)26/h2-9,19H,10-11H2,1H3,(H,20,23)(H2,18,21,24). The molecule has 3 amide bonds. The van der Waals surface area contributed by atoms with Crippen LogP contribution < -0.4 is 21.3 Å². The van der Waals surface area contributed by atoms with E-state index in [4.69, 9.17) is 0 Å². The molecule has 0 unspecified atom stereocenters. The summed E-state index contributed by atoms with van der Waals surface area (Å²) in [6.45, 7) is 0.257. The van der Waals surface area contributed by atoms with Gasteiger partial charge >= 0.3 is 6.03 Å². The first-order valence-electron chi connectivity index (χ1n) is 7.85. The first-order chi connectivity index (χ1) is 12.5. The van der Waals surface area contributed by atoms with Crippen LogP contribution in [0.15, 0.2) is 48.5 Å². The van der Waals surface area contributed by atoms with Crippen LogP contribution in [0.1, 0.15) is 6.42 Å². The number of carbonyl (C=O) groups is 2. The van der Waals surface area contributed by atoms with Crippen LogP contribution in [-0.4, -0.2) is 30.5 Å². The Morgan fingerprint density at radius 3 is 2.23 bits per heavy atom. The molecule has 0 radical (unpaired) electrons. The number of nitro benzene ring substituents is 1. The number of amides is 3.